The van der Waals surface area contributed by atoms with Crippen molar-refractivity contribution in [3.05, 3.63) is 46.5 Å². The largest absolute Gasteiger partial charge is 0.296 e. The van der Waals surface area contributed by atoms with E-state index in [2.05, 4.69) is 40.2 Å². The van der Waals surface area contributed by atoms with Crippen molar-refractivity contribution >= 4 is 27.3 Å². The molecule has 5 nitrogen and oxygen atoms in total. The van der Waals surface area contributed by atoms with Crippen molar-refractivity contribution in [3.8, 4) is 0 Å². The van der Waals surface area contributed by atoms with Crippen LogP contribution in [-0.2, 0) is 16.4 Å². The van der Waals surface area contributed by atoms with Crippen LogP contribution in [0.25, 0.3) is 6.08 Å². The van der Waals surface area contributed by atoms with Gasteiger partial charge in [-0.2, -0.15) is 0 Å². The van der Waals surface area contributed by atoms with E-state index >= 15 is 0 Å². The van der Waals surface area contributed by atoms with E-state index < -0.39 is 9.84 Å². The van der Waals surface area contributed by atoms with Crippen LogP contribution in [0.4, 0.5) is 0 Å². The minimum atomic E-state index is -3.27. The summed E-state index contributed by atoms with van der Waals surface area (Å²) in [7, 11) is -1.29. The third-order valence-corrected chi connectivity index (χ3v) is 5.48. The molecule has 0 atom stereocenters. The van der Waals surface area contributed by atoms with Gasteiger partial charge in [0, 0.05) is 12.8 Å². The van der Waals surface area contributed by atoms with E-state index in [1.807, 2.05) is 25.2 Å². The lowest BCUT2D eigenvalue weighted by atomic mass is 10.1. The van der Waals surface area contributed by atoms with Crippen LogP contribution in [0, 0.1) is 0 Å². The second-order valence-corrected chi connectivity index (χ2v) is 8.56. The van der Waals surface area contributed by atoms with E-state index in [1.165, 1.54) is 11.1 Å². The van der Waals surface area contributed by atoms with Gasteiger partial charge >= 0.3 is 0 Å². The van der Waals surface area contributed by atoms with Crippen molar-refractivity contribution in [1.29, 1.82) is 0 Å². The highest BCUT2D eigenvalue weighted by Crippen LogP contribution is 2.17. The summed E-state index contributed by atoms with van der Waals surface area (Å²) in [6.07, 6.45) is 3.28. The van der Waals surface area contributed by atoms with Gasteiger partial charge in [0.15, 0.2) is 0 Å². The van der Waals surface area contributed by atoms with Crippen LogP contribution in [0.3, 0.4) is 0 Å². The Hall–Kier alpha value is -1.57. The third kappa shape index (κ3) is 5.01. The zero-order chi connectivity index (χ0) is 16.2. The number of hydrogen-bond acceptors (Lipinski definition) is 6. The molecule has 0 saturated carbocycles. The summed E-state index contributed by atoms with van der Waals surface area (Å²) >= 11 is 1.13. The Balaban J connectivity index is 1.97. The number of benzene rings is 1. The lowest BCUT2D eigenvalue weighted by Crippen LogP contribution is -2.19. The number of nitrogens with zero attached hydrogens (tertiary/aromatic N) is 3. The van der Waals surface area contributed by atoms with Crippen molar-refractivity contribution in [2.24, 2.45) is 0 Å². The Kier molecular flexibility index (Phi) is 5.44. The lowest BCUT2D eigenvalue weighted by molar-refractivity contribution is 0.354. The Bertz CT molecular complexity index is 752. The van der Waals surface area contributed by atoms with E-state index in [1.54, 1.807) is 0 Å². The van der Waals surface area contributed by atoms with Gasteiger partial charge in [0.1, 0.15) is 5.01 Å². The highest BCUT2D eigenvalue weighted by Gasteiger charge is 2.15. The number of likely N-dealkylation sites (N-methyl/N-ethyl adjacent to an activating group) is 1. The molecule has 2 rings (SSSR count). The predicted molar refractivity (Wildman–Crippen MR) is 89.4 cm³/mol. The van der Waals surface area contributed by atoms with Gasteiger partial charge in [0.2, 0.25) is 14.2 Å². The number of hydrogen-bond donors (Lipinski definition) is 0. The van der Waals surface area contributed by atoms with Crippen molar-refractivity contribution in [3.63, 3.8) is 0 Å². The average molecular weight is 337 g/mol. The maximum Gasteiger partial charge on any atom is 0.232 e. The number of rotatable bonds is 6. The molecule has 22 heavy (non-hydrogen) atoms. The molecule has 0 N–H and O–H groups in total. The molecule has 0 saturated heterocycles. The Morgan fingerprint density at radius 3 is 2.55 bits per heavy atom. The minimum Gasteiger partial charge on any atom is -0.296 e. The Labute approximate surface area is 135 Å². The molecule has 0 unspecified atom stereocenters. The second-order valence-electron chi connectivity index (χ2n) is 5.31. The summed E-state index contributed by atoms with van der Waals surface area (Å²) in [5.74, 6) is 0. The number of aromatic nitrogens is 2. The summed E-state index contributed by atoms with van der Waals surface area (Å²) in [6.45, 7) is 3.43. The normalized spacial score (nSPS) is 12.8. The standard InChI is InChI=1S/C15H19N3O2S2/c1-12(9-13-7-5-4-6-8-13)10-18(2)11-14-16-17-15(21-14)22(3,19)20/h4-9H,10-11H2,1-3H3/b12-9+. The van der Waals surface area contributed by atoms with Crippen molar-refractivity contribution in [1.82, 2.24) is 15.1 Å². The molecule has 0 radical (unpaired) electrons. The summed E-state index contributed by atoms with van der Waals surface area (Å²) in [5.41, 5.74) is 2.39. The molecule has 1 aromatic carbocycles. The molecule has 0 amide bonds. The molecule has 0 fully saturated rings. The molecule has 2 aromatic rings. The van der Waals surface area contributed by atoms with Crippen LogP contribution < -0.4 is 0 Å². The van der Waals surface area contributed by atoms with Gasteiger partial charge in [0.25, 0.3) is 0 Å². The third-order valence-electron chi connectivity index (χ3n) is 2.90. The quantitative estimate of drug-likeness (QED) is 0.810. The fraction of sp³-hybridized carbons (Fsp3) is 0.333. The first-order valence-corrected chi connectivity index (χ1v) is 9.48. The van der Waals surface area contributed by atoms with E-state index in [9.17, 15) is 8.42 Å². The molecular weight excluding hydrogens is 318 g/mol. The molecule has 0 aliphatic carbocycles. The van der Waals surface area contributed by atoms with Crippen LogP contribution in [0.5, 0.6) is 0 Å². The second kappa shape index (κ2) is 7.13. The molecule has 1 heterocycles. The van der Waals surface area contributed by atoms with Gasteiger partial charge in [-0.1, -0.05) is 53.3 Å². The maximum absolute atomic E-state index is 11.4. The van der Waals surface area contributed by atoms with Crippen LogP contribution in [0.2, 0.25) is 0 Å². The summed E-state index contributed by atoms with van der Waals surface area (Å²) in [5, 5.41) is 8.37. The van der Waals surface area contributed by atoms with Crippen molar-refractivity contribution in [2.75, 3.05) is 19.8 Å². The van der Waals surface area contributed by atoms with E-state index in [4.69, 9.17) is 0 Å². The van der Waals surface area contributed by atoms with Crippen LogP contribution >= 0.6 is 11.3 Å². The molecule has 118 valence electrons. The van der Waals surface area contributed by atoms with E-state index in [-0.39, 0.29) is 4.34 Å². The van der Waals surface area contributed by atoms with Gasteiger partial charge in [-0.15, -0.1) is 10.2 Å². The van der Waals surface area contributed by atoms with Crippen molar-refractivity contribution in [2.45, 2.75) is 17.8 Å². The highest BCUT2D eigenvalue weighted by molar-refractivity contribution is 7.92. The fourth-order valence-electron chi connectivity index (χ4n) is 2.04. The first kappa shape index (κ1) is 16.8. The SMILES string of the molecule is C/C(=C\c1ccccc1)CN(C)Cc1nnc(S(C)(=O)=O)s1. The molecule has 0 spiro atoms. The Morgan fingerprint density at radius 1 is 1.27 bits per heavy atom. The molecular formula is C15H19N3O2S2. The van der Waals surface area contributed by atoms with Crippen LogP contribution in [-0.4, -0.2) is 43.4 Å². The fourth-order valence-corrected chi connectivity index (χ4v) is 3.78. The lowest BCUT2D eigenvalue weighted by Gasteiger charge is -2.15. The summed E-state index contributed by atoms with van der Waals surface area (Å²) < 4.78 is 22.9. The first-order valence-electron chi connectivity index (χ1n) is 6.78. The summed E-state index contributed by atoms with van der Waals surface area (Å²) in [4.78, 5) is 2.08. The topological polar surface area (TPSA) is 63.2 Å². The first-order chi connectivity index (χ1) is 10.3. The van der Waals surface area contributed by atoms with Crippen molar-refractivity contribution < 1.29 is 8.42 Å². The molecule has 7 heteroatoms. The minimum absolute atomic E-state index is 0.0763. The molecule has 0 aliphatic heterocycles. The smallest absolute Gasteiger partial charge is 0.232 e. The van der Waals surface area contributed by atoms with Gasteiger partial charge in [-0.3, -0.25) is 4.90 Å². The summed E-state index contributed by atoms with van der Waals surface area (Å²) in [6, 6.07) is 10.1. The van der Waals surface area contributed by atoms with Gasteiger partial charge in [0.05, 0.1) is 6.54 Å². The molecule has 0 aliphatic rings. The zero-order valence-electron chi connectivity index (χ0n) is 12.9. The van der Waals surface area contributed by atoms with Crippen LogP contribution in [0.15, 0.2) is 40.2 Å². The molecule has 1 aromatic heterocycles. The van der Waals surface area contributed by atoms with Gasteiger partial charge < -0.3 is 0 Å². The van der Waals surface area contributed by atoms with Gasteiger partial charge in [-0.05, 0) is 19.5 Å². The van der Waals surface area contributed by atoms with E-state index in [0.29, 0.717) is 11.6 Å². The maximum atomic E-state index is 11.4. The zero-order valence-corrected chi connectivity index (χ0v) is 14.5. The Morgan fingerprint density at radius 2 is 1.95 bits per heavy atom. The predicted octanol–water partition coefficient (Wildman–Crippen LogP) is 2.48. The number of sulfone groups is 1. The highest BCUT2D eigenvalue weighted by atomic mass is 32.2. The molecule has 0 bridgehead atoms. The van der Waals surface area contributed by atoms with E-state index in [0.717, 1.165) is 24.1 Å². The average Bonchev–Trinajstić information content (AvgIpc) is 2.87. The van der Waals surface area contributed by atoms with Crippen LogP contribution in [0.1, 0.15) is 17.5 Å². The van der Waals surface area contributed by atoms with Gasteiger partial charge in [-0.25, -0.2) is 8.42 Å². The monoisotopic (exact) mass is 337 g/mol.